The van der Waals surface area contributed by atoms with E-state index in [0.717, 1.165) is 16.8 Å². The topological polar surface area (TPSA) is 65.4 Å². The number of rotatable bonds is 7. The van der Waals surface area contributed by atoms with E-state index in [-0.39, 0.29) is 23.5 Å². The molecule has 0 bridgehead atoms. The molecule has 0 fully saturated rings. The van der Waals surface area contributed by atoms with Crippen molar-refractivity contribution in [3.63, 3.8) is 0 Å². The molecule has 1 amide bonds. The number of carbonyl (C=O) groups is 1. The van der Waals surface area contributed by atoms with Gasteiger partial charge in [-0.1, -0.05) is 36.4 Å². The minimum Gasteiger partial charge on any atom is -0.493 e. The summed E-state index contributed by atoms with van der Waals surface area (Å²) in [5.74, 6) is 0.474. The predicted molar refractivity (Wildman–Crippen MR) is 124 cm³/mol. The van der Waals surface area contributed by atoms with Crippen LogP contribution in [0.1, 0.15) is 29.0 Å². The summed E-state index contributed by atoms with van der Waals surface area (Å²) >= 11 is 0. The van der Waals surface area contributed by atoms with E-state index >= 15 is 0 Å². The number of ether oxygens (including phenoxy) is 2. The number of benzene rings is 3. The van der Waals surface area contributed by atoms with Gasteiger partial charge in [0.05, 0.1) is 25.9 Å². The minimum absolute atomic E-state index is 0.264. The van der Waals surface area contributed by atoms with Crippen LogP contribution in [0.15, 0.2) is 79.0 Å². The molecule has 0 spiro atoms. The maximum absolute atomic E-state index is 13.3. The molecule has 0 aliphatic rings. The smallest absolute Gasteiger partial charge is 0.272 e. The van der Waals surface area contributed by atoms with Crippen molar-refractivity contribution in [2.24, 2.45) is 0 Å². The van der Waals surface area contributed by atoms with Gasteiger partial charge < -0.3 is 14.8 Å². The number of methoxy groups -OCH3 is 2. The van der Waals surface area contributed by atoms with Crippen LogP contribution in [0.2, 0.25) is 0 Å². The lowest BCUT2D eigenvalue weighted by Crippen LogP contribution is -2.27. The van der Waals surface area contributed by atoms with Crippen molar-refractivity contribution < 1.29 is 18.7 Å². The summed E-state index contributed by atoms with van der Waals surface area (Å²) in [6.45, 7) is 1.84. The van der Waals surface area contributed by atoms with Gasteiger partial charge in [-0.2, -0.15) is 5.10 Å². The van der Waals surface area contributed by atoms with Crippen molar-refractivity contribution in [3.05, 3.63) is 96.1 Å². The summed E-state index contributed by atoms with van der Waals surface area (Å²) < 4.78 is 25.7. The van der Waals surface area contributed by atoms with Gasteiger partial charge in [0.15, 0.2) is 17.2 Å². The lowest BCUT2D eigenvalue weighted by Gasteiger charge is -2.14. The Morgan fingerprint density at radius 3 is 2.33 bits per heavy atom. The van der Waals surface area contributed by atoms with Crippen LogP contribution < -0.4 is 14.8 Å². The Morgan fingerprint density at radius 2 is 1.67 bits per heavy atom. The zero-order chi connectivity index (χ0) is 23.4. The Labute approximate surface area is 191 Å². The summed E-state index contributed by atoms with van der Waals surface area (Å²) in [6, 6.07) is 20.7. The van der Waals surface area contributed by atoms with Crippen LogP contribution in [-0.4, -0.2) is 29.9 Å². The summed E-state index contributed by atoms with van der Waals surface area (Å²) in [6.07, 6.45) is 1.81. The third-order valence-electron chi connectivity index (χ3n) is 5.36. The van der Waals surface area contributed by atoms with Gasteiger partial charge in [0.2, 0.25) is 0 Å². The van der Waals surface area contributed by atoms with Crippen molar-refractivity contribution in [3.8, 4) is 28.3 Å². The molecule has 7 heteroatoms. The highest BCUT2D eigenvalue weighted by Crippen LogP contribution is 2.34. The fraction of sp³-hybridized carbons (Fsp3) is 0.154. The van der Waals surface area contributed by atoms with E-state index in [1.807, 2.05) is 55.6 Å². The van der Waals surface area contributed by atoms with Crippen LogP contribution in [-0.2, 0) is 0 Å². The number of carbonyl (C=O) groups excluding carboxylic acids is 1. The SMILES string of the molecule is COc1ccc(-c2cn(-c3ccccc3)nc2C(=O)NC(C)c2ccc(F)cc2)cc1OC. The largest absolute Gasteiger partial charge is 0.493 e. The van der Waals surface area contributed by atoms with Crippen molar-refractivity contribution >= 4 is 5.91 Å². The van der Waals surface area contributed by atoms with E-state index in [1.165, 1.54) is 12.1 Å². The van der Waals surface area contributed by atoms with Crippen LogP contribution in [0, 0.1) is 5.82 Å². The summed E-state index contributed by atoms with van der Waals surface area (Å²) in [4.78, 5) is 13.3. The van der Waals surface area contributed by atoms with E-state index in [4.69, 9.17) is 9.47 Å². The molecule has 0 saturated carbocycles. The number of nitrogens with zero attached hydrogens (tertiary/aromatic N) is 2. The van der Waals surface area contributed by atoms with Crippen molar-refractivity contribution in [1.82, 2.24) is 15.1 Å². The highest BCUT2D eigenvalue weighted by atomic mass is 19.1. The quantitative estimate of drug-likeness (QED) is 0.425. The Morgan fingerprint density at radius 1 is 0.970 bits per heavy atom. The van der Waals surface area contributed by atoms with E-state index in [1.54, 1.807) is 37.1 Å². The monoisotopic (exact) mass is 445 g/mol. The Hall–Kier alpha value is -4.13. The fourth-order valence-corrected chi connectivity index (χ4v) is 3.57. The van der Waals surface area contributed by atoms with Crippen LogP contribution in [0.4, 0.5) is 4.39 Å². The Bertz CT molecular complexity index is 1250. The molecule has 33 heavy (non-hydrogen) atoms. The highest BCUT2D eigenvalue weighted by molar-refractivity contribution is 5.99. The van der Waals surface area contributed by atoms with Crippen molar-refractivity contribution in [2.75, 3.05) is 14.2 Å². The fourth-order valence-electron chi connectivity index (χ4n) is 3.57. The van der Waals surface area contributed by atoms with E-state index in [9.17, 15) is 9.18 Å². The number of hydrogen-bond acceptors (Lipinski definition) is 4. The number of hydrogen-bond donors (Lipinski definition) is 1. The van der Waals surface area contributed by atoms with Gasteiger partial charge in [0.25, 0.3) is 5.91 Å². The first-order chi connectivity index (χ1) is 16.0. The maximum atomic E-state index is 13.3. The molecule has 1 unspecified atom stereocenters. The molecule has 0 aliphatic heterocycles. The zero-order valence-electron chi connectivity index (χ0n) is 18.6. The van der Waals surface area contributed by atoms with Crippen LogP contribution >= 0.6 is 0 Å². The average molecular weight is 445 g/mol. The second-order valence-electron chi connectivity index (χ2n) is 7.49. The van der Waals surface area contributed by atoms with Crippen molar-refractivity contribution in [2.45, 2.75) is 13.0 Å². The van der Waals surface area contributed by atoms with Gasteiger partial charge in [-0.3, -0.25) is 4.79 Å². The molecule has 1 aromatic heterocycles. The van der Waals surface area contributed by atoms with E-state index in [2.05, 4.69) is 10.4 Å². The molecule has 0 saturated heterocycles. The van der Waals surface area contributed by atoms with Gasteiger partial charge in [0.1, 0.15) is 5.82 Å². The molecule has 0 radical (unpaired) electrons. The first-order valence-corrected chi connectivity index (χ1v) is 10.4. The molecule has 4 aromatic rings. The van der Waals surface area contributed by atoms with Gasteiger partial charge >= 0.3 is 0 Å². The third kappa shape index (κ3) is 4.72. The molecule has 0 aliphatic carbocycles. The van der Waals surface area contributed by atoms with Crippen LogP contribution in [0.3, 0.4) is 0 Å². The number of para-hydroxylation sites is 1. The van der Waals surface area contributed by atoms with Gasteiger partial charge in [0, 0.05) is 11.8 Å². The molecule has 6 nitrogen and oxygen atoms in total. The first kappa shape index (κ1) is 22.1. The molecular formula is C26H24FN3O3. The molecule has 3 aromatic carbocycles. The predicted octanol–water partition coefficient (Wildman–Crippen LogP) is 5.19. The average Bonchev–Trinajstić information content (AvgIpc) is 3.30. The standard InChI is InChI=1S/C26H24FN3O3/c1-17(18-9-12-20(27)13-10-18)28-26(31)25-22(16-30(29-25)21-7-5-4-6-8-21)19-11-14-23(32-2)24(15-19)33-3/h4-17H,1-3H3,(H,28,31). The normalized spacial score (nSPS) is 11.6. The van der Waals surface area contributed by atoms with Gasteiger partial charge in [-0.05, 0) is 54.4 Å². The molecular weight excluding hydrogens is 421 g/mol. The first-order valence-electron chi connectivity index (χ1n) is 10.4. The summed E-state index contributed by atoms with van der Waals surface area (Å²) in [7, 11) is 3.13. The number of halogens is 1. The summed E-state index contributed by atoms with van der Waals surface area (Å²) in [5, 5.41) is 7.55. The lowest BCUT2D eigenvalue weighted by molar-refractivity contribution is 0.0935. The highest BCUT2D eigenvalue weighted by Gasteiger charge is 2.22. The molecule has 4 rings (SSSR count). The zero-order valence-corrected chi connectivity index (χ0v) is 18.6. The molecule has 1 N–H and O–H groups in total. The van der Waals surface area contributed by atoms with Gasteiger partial charge in [-0.15, -0.1) is 0 Å². The van der Waals surface area contributed by atoms with Crippen LogP contribution in [0.25, 0.3) is 16.8 Å². The lowest BCUT2D eigenvalue weighted by atomic mass is 10.0. The van der Waals surface area contributed by atoms with E-state index in [0.29, 0.717) is 17.1 Å². The second kappa shape index (κ2) is 9.56. The number of nitrogens with one attached hydrogen (secondary N) is 1. The Balaban J connectivity index is 1.73. The minimum atomic E-state index is -0.341. The number of amides is 1. The molecule has 1 heterocycles. The number of aromatic nitrogens is 2. The Kier molecular flexibility index (Phi) is 6.40. The van der Waals surface area contributed by atoms with Crippen LogP contribution in [0.5, 0.6) is 11.5 Å². The second-order valence-corrected chi connectivity index (χ2v) is 7.49. The maximum Gasteiger partial charge on any atom is 0.272 e. The molecule has 168 valence electrons. The third-order valence-corrected chi connectivity index (χ3v) is 5.36. The van der Waals surface area contributed by atoms with E-state index < -0.39 is 0 Å². The molecule has 1 atom stereocenters. The van der Waals surface area contributed by atoms with Crippen molar-refractivity contribution in [1.29, 1.82) is 0 Å². The van der Waals surface area contributed by atoms with Gasteiger partial charge in [-0.25, -0.2) is 9.07 Å². The summed E-state index contributed by atoms with van der Waals surface area (Å²) in [5.41, 5.74) is 3.28.